The van der Waals surface area contributed by atoms with E-state index in [0.717, 1.165) is 9.44 Å². The molecule has 3 heterocycles. The van der Waals surface area contributed by atoms with Crippen LogP contribution in [0.1, 0.15) is 23.9 Å². The number of oxazole rings is 1. The summed E-state index contributed by atoms with van der Waals surface area (Å²) >= 11 is 1.49. The summed E-state index contributed by atoms with van der Waals surface area (Å²) in [6.07, 6.45) is 1.29. The Hall–Kier alpha value is -2.92. The van der Waals surface area contributed by atoms with Crippen LogP contribution >= 0.6 is 11.3 Å². The van der Waals surface area contributed by atoms with Crippen LogP contribution in [0.3, 0.4) is 0 Å². The smallest absolute Gasteiger partial charge is 0.331 e. The summed E-state index contributed by atoms with van der Waals surface area (Å²) in [6.45, 7) is 3.84. The highest BCUT2D eigenvalue weighted by Crippen LogP contribution is 2.25. The van der Waals surface area contributed by atoms with Crippen LogP contribution < -0.4 is 11.2 Å². The van der Waals surface area contributed by atoms with E-state index in [-0.39, 0.29) is 12.1 Å². The van der Waals surface area contributed by atoms with E-state index in [1.54, 1.807) is 13.8 Å². The van der Waals surface area contributed by atoms with Crippen molar-refractivity contribution in [2.45, 2.75) is 26.9 Å². The zero-order valence-corrected chi connectivity index (χ0v) is 14.0. The predicted octanol–water partition coefficient (Wildman–Crippen LogP) is 1.97. The lowest BCUT2D eigenvalue weighted by molar-refractivity contribution is 0.535. The third-order valence-electron chi connectivity index (χ3n) is 3.63. The summed E-state index contributed by atoms with van der Waals surface area (Å²) in [5.41, 5.74) is -0.666. The standard InChI is InChI=1S/C16H14N4O3S/c1-3-19-8-11(7-17)15(21)20(16(19)22)9-12-10(2)23-14(18-12)13-5-4-6-24-13/h4-6,8H,3,9H2,1-2H3. The topological polar surface area (TPSA) is 93.8 Å². The Morgan fingerprint density at radius 2 is 2.21 bits per heavy atom. The fourth-order valence-electron chi connectivity index (χ4n) is 2.33. The van der Waals surface area contributed by atoms with Gasteiger partial charge in [0.15, 0.2) is 0 Å². The average molecular weight is 342 g/mol. The molecule has 0 spiro atoms. The molecule has 24 heavy (non-hydrogen) atoms. The molecule has 0 fully saturated rings. The van der Waals surface area contributed by atoms with Crippen LogP contribution in [0.5, 0.6) is 0 Å². The van der Waals surface area contributed by atoms with Crippen molar-refractivity contribution in [2.24, 2.45) is 0 Å². The number of rotatable bonds is 4. The first-order valence-corrected chi connectivity index (χ1v) is 8.17. The van der Waals surface area contributed by atoms with Gasteiger partial charge >= 0.3 is 5.69 Å². The van der Waals surface area contributed by atoms with Gasteiger partial charge in [0.1, 0.15) is 23.1 Å². The van der Waals surface area contributed by atoms with Gasteiger partial charge in [-0.15, -0.1) is 11.3 Å². The van der Waals surface area contributed by atoms with Gasteiger partial charge in [0.2, 0.25) is 5.89 Å². The second kappa shape index (κ2) is 6.29. The lowest BCUT2D eigenvalue weighted by Crippen LogP contribution is -2.41. The molecule has 0 atom stereocenters. The first-order chi connectivity index (χ1) is 11.5. The molecule has 0 aliphatic carbocycles. The van der Waals surface area contributed by atoms with Gasteiger partial charge in [-0.25, -0.2) is 9.78 Å². The minimum absolute atomic E-state index is 0.0338. The summed E-state index contributed by atoms with van der Waals surface area (Å²) in [7, 11) is 0. The van der Waals surface area contributed by atoms with Crippen molar-refractivity contribution >= 4 is 11.3 Å². The summed E-state index contributed by atoms with van der Waals surface area (Å²) in [5.74, 6) is 0.993. The van der Waals surface area contributed by atoms with Crippen LogP contribution in [0.15, 0.2) is 37.7 Å². The van der Waals surface area contributed by atoms with Crippen LogP contribution in [-0.2, 0) is 13.1 Å². The Morgan fingerprint density at radius 1 is 1.42 bits per heavy atom. The number of hydrogen-bond acceptors (Lipinski definition) is 6. The first kappa shape index (κ1) is 16.0. The number of hydrogen-bond donors (Lipinski definition) is 0. The zero-order chi connectivity index (χ0) is 17.3. The van der Waals surface area contributed by atoms with E-state index >= 15 is 0 Å². The first-order valence-electron chi connectivity index (χ1n) is 7.29. The monoisotopic (exact) mass is 342 g/mol. The van der Waals surface area contributed by atoms with E-state index in [1.165, 1.54) is 22.1 Å². The SMILES string of the molecule is CCn1cc(C#N)c(=O)n(Cc2nc(-c3cccs3)oc2C)c1=O. The van der Waals surface area contributed by atoms with Crippen LogP contribution in [0, 0.1) is 18.3 Å². The summed E-state index contributed by atoms with van der Waals surface area (Å²) in [6, 6.07) is 5.60. The molecule has 3 rings (SSSR count). The van der Waals surface area contributed by atoms with Crippen LogP contribution in [-0.4, -0.2) is 14.1 Å². The maximum Gasteiger partial charge on any atom is 0.331 e. The van der Waals surface area contributed by atoms with Gasteiger partial charge < -0.3 is 4.42 Å². The van der Waals surface area contributed by atoms with Gasteiger partial charge in [0.05, 0.1) is 11.4 Å². The molecule has 8 heteroatoms. The van der Waals surface area contributed by atoms with Crippen LogP contribution in [0.2, 0.25) is 0 Å². The van der Waals surface area contributed by atoms with Crippen LogP contribution in [0.25, 0.3) is 10.8 Å². The Bertz CT molecular complexity index is 1030. The molecule has 3 aromatic rings. The Kier molecular flexibility index (Phi) is 4.18. The van der Waals surface area contributed by atoms with E-state index in [9.17, 15) is 9.59 Å². The van der Waals surface area contributed by atoms with Crippen molar-refractivity contribution in [1.29, 1.82) is 5.26 Å². The fraction of sp³-hybridized carbons (Fsp3) is 0.250. The van der Waals surface area contributed by atoms with Gasteiger partial charge in [-0.1, -0.05) is 6.07 Å². The molecule has 7 nitrogen and oxygen atoms in total. The van der Waals surface area contributed by atoms with Crippen molar-refractivity contribution in [1.82, 2.24) is 14.1 Å². The largest absolute Gasteiger partial charge is 0.440 e. The highest BCUT2D eigenvalue weighted by molar-refractivity contribution is 7.13. The van der Waals surface area contributed by atoms with Gasteiger partial charge in [0, 0.05) is 12.7 Å². The molecule has 122 valence electrons. The number of nitrogens with zero attached hydrogens (tertiary/aromatic N) is 4. The van der Waals surface area contributed by atoms with Crippen LogP contribution in [0.4, 0.5) is 0 Å². The lowest BCUT2D eigenvalue weighted by Gasteiger charge is -2.08. The number of aryl methyl sites for hydroxylation is 2. The molecule has 0 saturated carbocycles. The fourth-order valence-corrected chi connectivity index (χ4v) is 2.98. The van der Waals surface area contributed by atoms with E-state index in [1.807, 2.05) is 23.6 Å². The second-order valence-corrected chi connectivity index (χ2v) is 6.06. The molecule has 0 N–H and O–H groups in total. The zero-order valence-electron chi connectivity index (χ0n) is 13.1. The highest BCUT2D eigenvalue weighted by Gasteiger charge is 2.16. The summed E-state index contributed by atoms with van der Waals surface area (Å²) in [5, 5.41) is 11.0. The third-order valence-corrected chi connectivity index (χ3v) is 4.49. The van der Waals surface area contributed by atoms with Gasteiger partial charge in [-0.05, 0) is 25.3 Å². The van der Waals surface area contributed by atoms with Gasteiger partial charge in [-0.3, -0.25) is 13.9 Å². The lowest BCUT2D eigenvalue weighted by atomic mass is 10.3. The van der Waals surface area contributed by atoms with E-state index in [0.29, 0.717) is 23.9 Å². The number of aromatic nitrogens is 3. The molecule has 3 aromatic heterocycles. The highest BCUT2D eigenvalue weighted by atomic mass is 32.1. The van der Waals surface area contributed by atoms with Crippen molar-refractivity contribution in [3.8, 4) is 16.8 Å². The molecular formula is C16H14N4O3S. The average Bonchev–Trinajstić information content (AvgIpc) is 3.22. The molecule has 0 amide bonds. The summed E-state index contributed by atoms with van der Waals surface area (Å²) < 4.78 is 7.98. The minimum Gasteiger partial charge on any atom is -0.440 e. The maximum atomic E-state index is 12.4. The molecule has 0 aliphatic rings. The van der Waals surface area contributed by atoms with Crippen molar-refractivity contribution < 1.29 is 4.42 Å². The minimum atomic E-state index is -0.618. The van der Waals surface area contributed by atoms with E-state index in [4.69, 9.17) is 9.68 Å². The molecular weight excluding hydrogens is 328 g/mol. The molecule has 0 bridgehead atoms. The Balaban J connectivity index is 2.08. The molecule has 0 radical (unpaired) electrons. The maximum absolute atomic E-state index is 12.4. The molecule has 0 unspecified atom stereocenters. The van der Waals surface area contributed by atoms with Gasteiger partial charge in [-0.2, -0.15) is 5.26 Å². The van der Waals surface area contributed by atoms with E-state index in [2.05, 4.69) is 4.98 Å². The quantitative estimate of drug-likeness (QED) is 0.722. The number of nitriles is 1. The normalized spacial score (nSPS) is 10.7. The Morgan fingerprint density at radius 3 is 2.83 bits per heavy atom. The molecule has 0 aromatic carbocycles. The van der Waals surface area contributed by atoms with Crippen molar-refractivity contribution in [3.63, 3.8) is 0 Å². The predicted molar refractivity (Wildman–Crippen MR) is 89.0 cm³/mol. The number of thiophene rings is 1. The van der Waals surface area contributed by atoms with Gasteiger partial charge in [0.25, 0.3) is 5.56 Å². The molecule has 0 aliphatic heterocycles. The summed E-state index contributed by atoms with van der Waals surface area (Å²) in [4.78, 5) is 30.0. The van der Waals surface area contributed by atoms with Crippen molar-refractivity contribution in [2.75, 3.05) is 0 Å². The van der Waals surface area contributed by atoms with Crippen molar-refractivity contribution in [3.05, 3.63) is 61.6 Å². The Labute approximate surface area is 141 Å². The second-order valence-electron chi connectivity index (χ2n) is 5.11. The molecule has 0 saturated heterocycles. The van der Waals surface area contributed by atoms with E-state index < -0.39 is 11.2 Å². The third kappa shape index (κ3) is 2.70.